The minimum atomic E-state index is -4.27. The molecular formula is C17H22ClF3N4OS. The third-order valence-electron chi connectivity index (χ3n) is 4.51. The van der Waals surface area contributed by atoms with Gasteiger partial charge in [-0.05, 0) is 61.8 Å². The molecule has 1 aliphatic heterocycles. The number of aromatic nitrogens is 2. The van der Waals surface area contributed by atoms with E-state index in [9.17, 15) is 18.0 Å². The lowest BCUT2D eigenvalue weighted by atomic mass is 10.0. The van der Waals surface area contributed by atoms with Crippen molar-refractivity contribution in [3.05, 3.63) is 29.5 Å². The summed E-state index contributed by atoms with van der Waals surface area (Å²) in [7, 11) is 0. The van der Waals surface area contributed by atoms with Gasteiger partial charge in [-0.25, -0.2) is 0 Å². The maximum Gasteiger partial charge on any atom is 0.441 e. The first-order valence-electron chi connectivity index (χ1n) is 8.50. The highest BCUT2D eigenvalue weighted by Crippen LogP contribution is 2.29. The molecule has 1 aromatic carbocycles. The van der Waals surface area contributed by atoms with Gasteiger partial charge >= 0.3 is 5.51 Å². The average Bonchev–Trinajstić information content (AvgIpc) is 3.21. The first-order chi connectivity index (χ1) is 12.3. The smallest absolute Gasteiger partial charge is 0.351 e. The maximum absolute atomic E-state index is 12.3. The molecule has 3 rings (SSSR count). The molecule has 2 heterocycles. The summed E-state index contributed by atoms with van der Waals surface area (Å²) in [4.78, 5) is 12.3. The minimum absolute atomic E-state index is 0. The van der Waals surface area contributed by atoms with Gasteiger partial charge in [0, 0.05) is 36.0 Å². The number of nitrogens with one attached hydrogen (secondary N) is 2. The zero-order chi connectivity index (χ0) is 18.7. The second kappa shape index (κ2) is 9.16. The standard InChI is InChI=1S/C17H21F3N4OS.ClH/c1-11-13(16(25)22-6-7-26-17(18,19)20)2-3-15-14(11)10-24(23-15)9-12-4-5-21-8-12;/h2-3,10,12,21H,4-9H2,1H3,(H,22,25);1H. The lowest BCUT2D eigenvalue weighted by Gasteiger charge is -2.09. The van der Waals surface area contributed by atoms with Gasteiger partial charge in [-0.1, -0.05) is 0 Å². The van der Waals surface area contributed by atoms with Gasteiger partial charge in [0.05, 0.1) is 5.52 Å². The molecule has 5 nitrogen and oxygen atoms in total. The number of carbonyl (C=O) groups is 1. The van der Waals surface area contributed by atoms with Gasteiger partial charge in [0.15, 0.2) is 0 Å². The highest BCUT2D eigenvalue weighted by molar-refractivity contribution is 8.00. The van der Waals surface area contributed by atoms with Crippen molar-refractivity contribution in [3.8, 4) is 0 Å². The van der Waals surface area contributed by atoms with Crippen LogP contribution in [-0.2, 0) is 6.54 Å². The fourth-order valence-electron chi connectivity index (χ4n) is 3.18. The van der Waals surface area contributed by atoms with E-state index in [-0.39, 0.29) is 42.4 Å². The van der Waals surface area contributed by atoms with Crippen molar-refractivity contribution in [2.75, 3.05) is 25.4 Å². The van der Waals surface area contributed by atoms with Gasteiger partial charge in [0.25, 0.3) is 5.91 Å². The number of rotatable bonds is 6. The molecule has 1 aliphatic rings. The number of carbonyl (C=O) groups excluding carboxylic acids is 1. The van der Waals surface area contributed by atoms with Crippen LogP contribution in [0.1, 0.15) is 22.3 Å². The average molecular weight is 423 g/mol. The Balaban J connectivity index is 0.00000261. The van der Waals surface area contributed by atoms with Gasteiger partial charge < -0.3 is 10.6 Å². The molecule has 0 aliphatic carbocycles. The van der Waals surface area contributed by atoms with Crippen LogP contribution in [0.5, 0.6) is 0 Å². The topological polar surface area (TPSA) is 59.0 Å². The summed E-state index contributed by atoms with van der Waals surface area (Å²) < 4.78 is 38.3. The van der Waals surface area contributed by atoms with E-state index in [1.807, 2.05) is 17.8 Å². The Morgan fingerprint density at radius 3 is 2.89 bits per heavy atom. The molecule has 1 atom stereocenters. The third kappa shape index (κ3) is 5.76. The minimum Gasteiger partial charge on any atom is -0.351 e. The van der Waals surface area contributed by atoms with E-state index in [0.29, 0.717) is 11.5 Å². The van der Waals surface area contributed by atoms with Crippen molar-refractivity contribution < 1.29 is 18.0 Å². The number of thioether (sulfide) groups is 1. The van der Waals surface area contributed by atoms with Crippen LogP contribution < -0.4 is 10.6 Å². The molecule has 1 saturated heterocycles. The molecule has 1 aromatic heterocycles. The summed E-state index contributed by atoms with van der Waals surface area (Å²) in [5, 5.41) is 11.3. The Morgan fingerprint density at radius 1 is 1.44 bits per heavy atom. The van der Waals surface area contributed by atoms with Gasteiger partial charge in [0.2, 0.25) is 0 Å². The van der Waals surface area contributed by atoms with E-state index in [1.54, 1.807) is 12.1 Å². The summed E-state index contributed by atoms with van der Waals surface area (Å²) in [5.74, 6) is -0.0115. The Labute approximate surface area is 165 Å². The Morgan fingerprint density at radius 2 is 2.22 bits per heavy atom. The van der Waals surface area contributed by atoms with Gasteiger partial charge in [-0.2, -0.15) is 18.3 Å². The molecule has 0 spiro atoms. The lowest BCUT2D eigenvalue weighted by Crippen LogP contribution is -2.27. The van der Waals surface area contributed by atoms with Gasteiger partial charge in [-0.3, -0.25) is 9.48 Å². The Bertz CT molecular complexity index is 790. The highest BCUT2D eigenvalue weighted by Gasteiger charge is 2.27. The van der Waals surface area contributed by atoms with E-state index in [4.69, 9.17) is 0 Å². The number of alkyl halides is 3. The summed E-state index contributed by atoms with van der Waals surface area (Å²) >= 11 is -0.137. The molecule has 0 saturated carbocycles. The third-order valence-corrected chi connectivity index (χ3v) is 5.25. The quantitative estimate of drug-likeness (QED) is 0.701. The fraction of sp³-hybridized carbons (Fsp3) is 0.529. The SMILES string of the molecule is Cc1c(C(=O)NCCSC(F)(F)F)ccc2nn(CC3CCNC3)cc12.Cl. The predicted octanol–water partition coefficient (Wildman–Crippen LogP) is 3.36. The molecule has 0 bridgehead atoms. The molecule has 2 N–H and O–H groups in total. The number of amides is 1. The first kappa shape index (κ1) is 21.8. The fourth-order valence-corrected chi connectivity index (χ4v) is 3.62. The second-order valence-electron chi connectivity index (χ2n) is 6.43. The van der Waals surface area contributed by atoms with Crippen LogP contribution in [0, 0.1) is 12.8 Å². The van der Waals surface area contributed by atoms with Crippen molar-refractivity contribution in [1.29, 1.82) is 0 Å². The number of halogens is 4. The largest absolute Gasteiger partial charge is 0.441 e. The molecule has 150 valence electrons. The van der Waals surface area contributed by atoms with E-state index in [0.717, 1.165) is 42.5 Å². The summed E-state index contributed by atoms with van der Waals surface area (Å²) in [6.45, 7) is 4.65. The number of nitrogens with zero attached hydrogens (tertiary/aromatic N) is 2. The van der Waals surface area contributed by atoms with Crippen LogP contribution in [0.2, 0.25) is 0 Å². The number of fused-ring (bicyclic) bond motifs is 1. The molecule has 10 heteroatoms. The van der Waals surface area contributed by atoms with Crippen molar-refractivity contribution in [2.45, 2.75) is 25.4 Å². The van der Waals surface area contributed by atoms with Crippen molar-refractivity contribution in [1.82, 2.24) is 20.4 Å². The molecule has 1 amide bonds. The Hall–Kier alpha value is -1.45. The van der Waals surface area contributed by atoms with Crippen LogP contribution in [0.25, 0.3) is 10.9 Å². The normalized spacial score (nSPS) is 17.1. The number of hydrogen-bond acceptors (Lipinski definition) is 4. The van der Waals surface area contributed by atoms with Gasteiger partial charge in [-0.15, -0.1) is 12.4 Å². The van der Waals surface area contributed by atoms with Crippen LogP contribution in [0.15, 0.2) is 18.3 Å². The molecule has 2 aromatic rings. The van der Waals surface area contributed by atoms with Crippen LogP contribution in [0.4, 0.5) is 13.2 Å². The lowest BCUT2D eigenvalue weighted by molar-refractivity contribution is -0.0327. The molecule has 27 heavy (non-hydrogen) atoms. The highest BCUT2D eigenvalue weighted by atomic mass is 35.5. The second-order valence-corrected chi connectivity index (χ2v) is 7.59. The maximum atomic E-state index is 12.3. The predicted molar refractivity (Wildman–Crippen MR) is 104 cm³/mol. The van der Waals surface area contributed by atoms with Crippen molar-refractivity contribution >= 4 is 41.0 Å². The first-order valence-corrected chi connectivity index (χ1v) is 9.48. The van der Waals surface area contributed by atoms with Crippen LogP contribution in [0.3, 0.4) is 0 Å². The molecule has 1 fully saturated rings. The van der Waals surface area contributed by atoms with E-state index in [2.05, 4.69) is 15.7 Å². The van der Waals surface area contributed by atoms with E-state index >= 15 is 0 Å². The van der Waals surface area contributed by atoms with Crippen LogP contribution in [-0.4, -0.2) is 46.6 Å². The van der Waals surface area contributed by atoms with E-state index in [1.165, 1.54) is 0 Å². The number of benzene rings is 1. The number of hydrogen-bond donors (Lipinski definition) is 2. The summed E-state index contributed by atoms with van der Waals surface area (Å²) in [6.07, 6.45) is 3.07. The number of aryl methyl sites for hydroxylation is 1. The van der Waals surface area contributed by atoms with Crippen molar-refractivity contribution in [3.63, 3.8) is 0 Å². The molecular weight excluding hydrogens is 401 g/mol. The summed E-state index contributed by atoms with van der Waals surface area (Å²) in [5.41, 5.74) is -2.20. The van der Waals surface area contributed by atoms with Crippen molar-refractivity contribution in [2.24, 2.45) is 5.92 Å². The monoisotopic (exact) mass is 422 g/mol. The zero-order valence-electron chi connectivity index (χ0n) is 14.8. The van der Waals surface area contributed by atoms with E-state index < -0.39 is 5.51 Å². The molecule has 0 radical (unpaired) electrons. The Kier molecular flexibility index (Phi) is 7.41. The zero-order valence-corrected chi connectivity index (χ0v) is 16.4. The molecule has 1 unspecified atom stereocenters. The summed E-state index contributed by atoms with van der Waals surface area (Å²) in [6, 6.07) is 3.46. The van der Waals surface area contributed by atoms with Gasteiger partial charge in [0.1, 0.15) is 0 Å². The van der Waals surface area contributed by atoms with Crippen LogP contribution >= 0.6 is 24.2 Å².